The highest BCUT2D eigenvalue weighted by Crippen LogP contribution is 2.09. The van der Waals surface area contributed by atoms with Gasteiger partial charge in [-0.05, 0) is 32.0 Å². The number of hydrogen-bond donors (Lipinski definition) is 1. The van der Waals surface area contributed by atoms with E-state index in [1.54, 1.807) is 0 Å². The van der Waals surface area contributed by atoms with Crippen LogP contribution in [0.1, 0.15) is 36.0 Å². The standard InChI is InChI=1S/C14H20FN3O/c15-13-11-16-6-5-12(13)14(19)17-7-10-18-8-3-1-2-4-9-18/h5-6,11H,1-4,7-10H2,(H,17,19). The van der Waals surface area contributed by atoms with Gasteiger partial charge in [0.2, 0.25) is 0 Å². The van der Waals surface area contributed by atoms with Crippen molar-refractivity contribution in [3.05, 3.63) is 29.8 Å². The van der Waals surface area contributed by atoms with E-state index in [-0.39, 0.29) is 11.5 Å². The Morgan fingerprint density at radius 2 is 2.05 bits per heavy atom. The summed E-state index contributed by atoms with van der Waals surface area (Å²) < 4.78 is 13.3. The van der Waals surface area contributed by atoms with E-state index in [0.717, 1.165) is 25.8 Å². The number of aromatic nitrogens is 1. The predicted molar refractivity (Wildman–Crippen MR) is 71.4 cm³/mol. The van der Waals surface area contributed by atoms with Crippen LogP contribution in [0.15, 0.2) is 18.5 Å². The van der Waals surface area contributed by atoms with Crippen LogP contribution < -0.4 is 5.32 Å². The molecule has 0 saturated carbocycles. The third-order valence-corrected chi connectivity index (χ3v) is 3.43. The highest BCUT2D eigenvalue weighted by Gasteiger charge is 2.12. The summed E-state index contributed by atoms with van der Waals surface area (Å²) in [7, 11) is 0. The maximum absolute atomic E-state index is 13.3. The molecule has 2 rings (SSSR count). The summed E-state index contributed by atoms with van der Waals surface area (Å²) in [5.41, 5.74) is 0.0610. The van der Waals surface area contributed by atoms with Gasteiger partial charge in [0, 0.05) is 19.3 Å². The molecule has 1 saturated heterocycles. The molecule has 0 unspecified atom stereocenters. The van der Waals surface area contributed by atoms with Gasteiger partial charge in [-0.2, -0.15) is 0 Å². The number of likely N-dealkylation sites (tertiary alicyclic amines) is 1. The van der Waals surface area contributed by atoms with E-state index in [2.05, 4.69) is 15.2 Å². The molecule has 1 amide bonds. The molecule has 5 heteroatoms. The number of pyridine rings is 1. The Hall–Kier alpha value is -1.49. The van der Waals surface area contributed by atoms with Gasteiger partial charge in [-0.1, -0.05) is 12.8 Å². The van der Waals surface area contributed by atoms with E-state index in [9.17, 15) is 9.18 Å². The summed E-state index contributed by atoms with van der Waals surface area (Å²) in [5.74, 6) is -0.940. The van der Waals surface area contributed by atoms with E-state index in [1.807, 2.05) is 0 Å². The molecule has 4 nitrogen and oxygen atoms in total. The van der Waals surface area contributed by atoms with Crippen molar-refractivity contribution in [3.8, 4) is 0 Å². The summed E-state index contributed by atoms with van der Waals surface area (Å²) >= 11 is 0. The molecule has 1 fully saturated rings. The first kappa shape index (κ1) is 13.9. The summed E-state index contributed by atoms with van der Waals surface area (Å²) in [4.78, 5) is 17.8. The molecule has 1 N–H and O–H groups in total. The zero-order valence-electron chi connectivity index (χ0n) is 11.1. The highest BCUT2D eigenvalue weighted by atomic mass is 19.1. The molecular formula is C14H20FN3O. The minimum absolute atomic E-state index is 0.0610. The third kappa shape index (κ3) is 4.28. The smallest absolute Gasteiger partial charge is 0.254 e. The zero-order chi connectivity index (χ0) is 13.5. The van der Waals surface area contributed by atoms with Crippen molar-refractivity contribution in [2.24, 2.45) is 0 Å². The lowest BCUT2D eigenvalue weighted by Crippen LogP contribution is -2.35. The van der Waals surface area contributed by atoms with Crippen LogP contribution in [0.2, 0.25) is 0 Å². The fraction of sp³-hybridized carbons (Fsp3) is 0.571. The van der Waals surface area contributed by atoms with Gasteiger partial charge in [-0.3, -0.25) is 9.78 Å². The molecular weight excluding hydrogens is 245 g/mol. The van der Waals surface area contributed by atoms with E-state index in [4.69, 9.17) is 0 Å². The van der Waals surface area contributed by atoms with E-state index >= 15 is 0 Å². The molecule has 1 aliphatic rings. The average Bonchev–Trinajstić information content (AvgIpc) is 2.68. The molecule has 0 spiro atoms. The SMILES string of the molecule is O=C(NCCN1CCCCCC1)c1ccncc1F. The van der Waals surface area contributed by atoms with Crippen LogP contribution in [0, 0.1) is 5.82 Å². The van der Waals surface area contributed by atoms with Gasteiger partial charge < -0.3 is 10.2 Å². The fourth-order valence-corrected chi connectivity index (χ4v) is 2.34. The maximum atomic E-state index is 13.3. The van der Waals surface area contributed by atoms with Crippen LogP contribution in [0.5, 0.6) is 0 Å². The number of rotatable bonds is 4. The van der Waals surface area contributed by atoms with Crippen molar-refractivity contribution < 1.29 is 9.18 Å². The van der Waals surface area contributed by atoms with Crippen molar-refractivity contribution in [3.63, 3.8) is 0 Å². The minimum Gasteiger partial charge on any atom is -0.351 e. The van der Waals surface area contributed by atoms with Crippen LogP contribution in [0.3, 0.4) is 0 Å². The van der Waals surface area contributed by atoms with Crippen LogP contribution >= 0.6 is 0 Å². The Morgan fingerprint density at radius 3 is 2.74 bits per heavy atom. The minimum atomic E-state index is -0.574. The van der Waals surface area contributed by atoms with Gasteiger partial charge in [0.05, 0.1) is 11.8 Å². The van der Waals surface area contributed by atoms with Gasteiger partial charge in [0.15, 0.2) is 5.82 Å². The molecule has 1 aromatic heterocycles. The van der Waals surface area contributed by atoms with Gasteiger partial charge in [0.25, 0.3) is 5.91 Å². The fourth-order valence-electron chi connectivity index (χ4n) is 2.34. The quantitative estimate of drug-likeness (QED) is 0.903. The van der Waals surface area contributed by atoms with Gasteiger partial charge >= 0.3 is 0 Å². The normalized spacial score (nSPS) is 16.9. The highest BCUT2D eigenvalue weighted by molar-refractivity contribution is 5.94. The Morgan fingerprint density at radius 1 is 1.32 bits per heavy atom. The second-order valence-corrected chi connectivity index (χ2v) is 4.87. The summed E-state index contributed by atoms with van der Waals surface area (Å²) in [6.07, 6.45) is 7.53. The van der Waals surface area contributed by atoms with Gasteiger partial charge in [-0.25, -0.2) is 4.39 Å². The molecule has 0 aromatic carbocycles. The molecule has 0 atom stereocenters. The van der Waals surface area contributed by atoms with Crippen molar-refractivity contribution in [2.45, 2.75) is 25.7 Å². The first-order valence-corrected chi connectivity index (χ1v) is 6.87. The van der Waals surface area contributed by atoms with Crippen molar-refractivity contribution in [1.29, 1.82) is 0 Å². The lowest BCUT2D eigenvalue weighted by Gasteiger charge is -2.19. The molecule has 104 valence electrons. The molecule has 1 aliphatic heterocycles. The lowest BCUT2D eigenvalue weighted by atomic mass is 10.2. The second kappa shape index (κ2) is 7.19. The van der Waals surface area contributed by atoms with Crippen LogP contribution in [-0.2, 0) is 0 Å². The number of carbonyl (C=O) groups is 1. The Bertz CT molecular complexity index is 417. The number of amides is 1. The molecule has 1 aromatic rings. The number of hydrogen-bond acceptors (Lipinski definition) is 3. The summed E-state index contributed by atoms with van der Waals surface area (Å²) in [6.45, 7) is 3.58. The summed E-state index contributed by atoms with van der Waals surface area (Å²) in [6, 6.07) is 1.40. The van der Waals surface area contributed by atoms with E-state index < -0.39 is 5.82 Å². The van der Waals surface area contributed by atoms with Crippen LogP contribution in [0.25, 0.3) is 0 Å². The molecule has 19 heavy (non-hydrogen) atoms. The topological polar surface area (TPSA) is 45.2 Å². The van der Waals surface area contributed by atoms with Crippen molar-refractivity contribution >= 4 is 5.91 Å². The van der Waals surface area contributed by atoms with E-state index in [0.29, 0.717) is 6.54 Å². The lowest BCUT2D eigenvalue weighted by molar-refractivity contribution is 0.0944. The number of nitrogens with zero attached hydrogens (tertiary/aromatic N) is 2. The largest absolute Gasteiger partial charge is 0.351 e. The predicted octanol–water partition coefficient (Wildman–Crippen LogP) is 1.83. The number of nitrogens with one attached hydrogen (secondary N) is 1. The van der Waals surface area contributed by atoms with Gasteiger partial charge in [-0.15, -0.1) is 0 Å². The number of carbonyl (C=O) groups excluding carboxylic acids is 1. The molecule has 0 bridgehead atoms. The first-order valence-electron chi connectivity index (χ1n) is 6.87. The monoisotopic (exact) mass is 265 g/mol. The average molecular weight is 265 g/mol. The third-order valence-electron chi connectivity index (χ3n) is 3.43. The van der Waals surface area contributed by atoms with Crippen molar-refractivity contribution in [2.75, 3.05) is 26.2 Å². The van der Waals surface area contributed by atoms with Crippen molar-refractivity contribution in [1.82, 2.24) is 15.2 Å². The first-order chi connectivity index (χ1) is 9.27. The molecule has 0 aliphatic carbocycles. The number of halogens is 1. The summed E-state index contributed by atoms with van der Waals surface area (Å²) in [5, 5.41) is 2.76. The molecule has 2 heterocycles. The van der Waals surface area contributed by atoms with Crippen LogP contribution in [-0.4, -0.2) is 42.0 Å². The Kier molecular flexibility index (Phi) is 5.27. The Labute approximate surface area is 113 Å². The Balaban J connectivity index is 1.76. The molecule has 0 radical (unpaired) electrons. The van der Waals surface area contributed by atoms with Crippen LogP contribution in [0.4, 0.5) is 4.39 Å². The zero-order valence-corrected chi connectivity index (χ0v) is 11.1. The van der Waals surface area contributed by atoms with E-state index in [1.165, 1.54) is 37.9 Å². The maximum Gasteiger partial charge on any atom is 0.254 e. The van der Waals surface area contributed by atoms with Gasteiger partial charge in [0.1, 0.15) is 0 Å². The second-order valence-electron chi connectivity index (χ2n) is 4.87.